The van der Waals surface area contributed by atoms with Gasteiger partial charge in [0, 0.05) is 30.8 Å². The summed E-state index contributed by atoms with van der Waals surface area (Å²) >= 11 is 0. The number of nitrogens with zero attached hydrogens (tertiary/aromatic N) is 1. The summed E-state index contributed by atoms with van der Waals surface area (Å²) in [5, 5.41) is 5.44. The number of ether oxygens (including phenoxy) is 1. The number of carbonyl (C=O) groups excluding carboxylic acids is 3. The zero-order valence-electron chi connectivity index (χ0n) is 16.2. The molecule has 3 rings (SSSR count). The van der Waals surface area contributed by atoms with Crippen LogP contribution in [0, 0.1) is 11.6 Å². The summed E-state index contributed by atoms with van der Waals surface area (Å²) in [4.78, 5) is 37.4. The van der Waals surface area contributed by atoms with E-state index >= 15 is 0 Å². The van der Waals surface area contributed by atoms with E-state index in [4.69, 9.17) is 4.74 Å². The Bertz CT molecular complexity index is 761. The molecule has 0 spiro atoms. The third-order valence-corrected chi connectivity index (χ3v) is 5.12. The highest BCUT2D eigenvalue weighted by Crippen LogP contribution is 2.25. The zero-order chi connectivity index (χ0) is 21.0. The van der Waals surface area contributed by atoms with Crippen LogP contribution in [0.1, 0.15) is 45.4 Å². The fourth-order valence-corrected chi connectivity index (χ4v) is 3.74. The minimum atomic E-state index is -0.823. The smallest absolute Gasteiger partial charge is 0.324 e. The van der Waals surface area contributed by atoms with Crippen molar-refractivity contribution in [2.75, 3.05) is 6.54 Å². The maximum Gasteiger partial charge on any atom is 0.324 e. The molecule has 2 fully saturated rings. The van der Waals surface area contributed by atoms with Crippen molar-refractivity contribution in [1.82, 2.24) is 15.5 Å². The van der Waals surface area contributed by atoms with Crippen molar-refractivity contribution in [2.24, 2.45) is 0 Å². The van der Waals surface area contributed by atoms with Crippen molar-refractivity contribution < 1.29 is 27.9 Å². The van der Waals surface area contributed by atoms with Crippen LogP contribution < -0.4 is 15.4 Å². The van der Waals surface area contributed by atoms with E-state index in [-0.39, 0.29) is 36.1 Å². The third-order valence-electron chi connectivity index (χ3n) is 5.12. The van der Waals surface area contributed by atoms with Gasteiger partial charge in [0.15, 0.2) is 0 Å². The van der Waals surface area contributed by atoms with E-state index in [0.29, 0.717) is 38.6 Å². The number of hydrogen-bond donors (Lipinski definition) is 2. The van der Waals surface area contributed by atoms with Gasteiger partial charge >= 0.3 is 6.03 Å². The molecule has 2 N–H and O–H groups in total. The van der Waals surface area contributed by atoms with Crippen LogP contribution in [0.25, 0.3) is 0 Å². The molecular weight excluding hydrogens is 384 g/mol. The summed E-state index contributed by atoms with van der Waals surface area (Å²) in [5.74, 6) is -1.88. The summed E-state index contributed by atoms with van der Waals surface area (Å²) in [7, 11) is 0. The highest BCUT2D eigenvalue weighted by atomic mass is 19.1. The Labute approximate surface area is 167 Å². The number of imide groups is 1. The number of benzene rings is 1. The summed E-state index contributed by atoms with van der Waals surface area (Å²) < 4.78 is 32.2. The van der Waals surface area contributed by atoms with Crippen LogP contribution in [0.5, 0.6) is 5.75 Å². The van der Waals surface area contributed by atoms with Gasteiger partial charge < -0.3 is 15.4 Å². The Kier molecular flexibility index (Phi) is 6.66. The Morgan fingerprint density at radius 1 is 1.17 bits per heavy atom. The van der Waals surface area contributed by atoms with Crippen molar-refractivity contribution in [1.29, 1.82) is 0 Å². The standard InChI is InChI=1S/C20H25F2N3O4/c1-2-7-25-19(27)17(24-20(25)28)11-18(26)23-14-3-5-15(6-4-14)29-16-9-12(21)8-13(22)10-16/h8-10,14-15,17H,2-7,11H2,1H3,(H,23,26)(H,24,28). The fourth-order valence-electron chi connectivity index (χ4n) is 3.74. The van der Waals surface area contributed by atoms with Crippen molar-refractivity contribution in [2.45, 2.75) is 63.6 Å². The molecule has 0 bridgehead atoms. The van der Waals surface area contributed by atoms with E-state index in [2.05, 4.69) is 10.6 Å². The lowest BCUT2D eigenvalue weighted by Gasteiger charge is -2.29. The molecule has 1 heterocycles. The maximum absolute atomic E-state index is 13.3. The number of rotatable bonds is 7. The third kappa shape index (κ3) is 5.42. The lowest BCUT2D eigenvalue weighted by molar-refractivity contribution is -0.131. The topological polar surface area (TPSA) is 87.7 Å². The summed E-state index contributed by atoms with van der Waals surface area (Å²) in [6, 6.07) is 1.73. The molecule has 1 aromatic carbocycles. The van der Waals surface area contributed by atoms with Crippen molar-refractivity contribution in [3.8, 4) is 5.75 Å². The zero-order valence-corrected chi connectivity index (χ0v) is 16.2. The highest BCUT2D eigenvalue weighted by molar-refractivity contribution is 6.05. The molecule has 1 saturated carbocycles. The highest BCUT2D eigenvalue weighted by Gasteiger charge is 2.38. The normalized spacial score (nSPS) is 24.4. The van der Waals surface area contributed by atoms with Crippen molar-refractivity contribution in [3.05, 3.63) is 29.8 Å². The van der Waals surface area contributed by atoms with Gasteiger partial charge in [-0.2, -0.15) is 0 Å². The second-order valence-electron chi connectivity index (χ2n) is 7.46. The first-order valence-electron chi connectivity index (χ1n) is 9.89. The van der Waals surface area contributed by atoms with Gasteiger partial charge in [-0.15, -0.1) is 0 Å². The van der Waals surface area contributed by atoms with E-state index in [1.54, 1.807) is 0 Å². The molecule has 1 unspecified atom stereocenters. The van der Waals surface area contributed by atoms with Crippen LogP contribution in [0.4, 0.5) is 13.6 Å². The van der Waals surface area contributed by atoms with Crippen molar-refractivity contribution >= 4 is 17.8 Å². The van der Waals surface area contributed by atoms with Gasteiger partial charge in [0.05, 0.1) is 12.5 Å². The average molecular weight is 409 g/mol. The van der Waals surface area contributed by atoms with E-state index < -0.39 is 23.7 Å². The first kappa shape index (κ1) is 21.0. The van der Waals surface area contributed by atoms with Gasteiger partial charge in [-0.05, 0) is 32.1 Å². The van der Waals surface area contributed by atoms with Gasteiger partial charge in [-0.3, -0.25) is 14.5 Å². The van der Waals surface area contributed by atoms with Crippen LogP contribution >= 0.6 is 0 Å². The van der Waals surface area contributed by atoms with E-state index in [1.807, 2.05) is 6.92 Å². The van der Waals surface area contributed by atoms with Gasteiger partial charge in [-0.1, -0.05) is 6.92 Å². The lowest BCUT2D eigenvalue weighted by atomic mass is 9.92. The first-order valence-corrected chi connectivity index (χ1v) is 9.89. The number of hydrogen-bond acceptors (Lipinski definition) is 4. The first-order chi connectivity index (χ1) is 13.9. The lowest BCUT2D eigenvalue weighted by Crippen LogP contribution is -2.43. The Hall–Kier alpha value is -2.71. The molecule has 1 saturated heterocycles. The summed E-state index contributed by atoms with van der Waals surface area (Å²) in [6.07, 6.45) is 2.96. The predicted octanol–water partition coefficient (Wildman–Crippen LogP) is 2.49. The van der Waals surface area contributed by atoms with E-state index in [0.717, 1.165) is 23.1 Å². The summed E-state index contributed by atoms with van der Waals surface area (Å²) in [5.41, 5.74) is 0. The van der Waals surface area contributed by atoms with E-state index in [1.165, 1.54) is 0 Å². The van der Waals surface area contributed by atoms with Gasteiger partial charge in [0.1, 0.15) is 23.4 Å². The molecule has 0 aromatic heterocycles. The predicted molar refractivity (Wildman–Crippen MR) is 100 cm³/mol. The monoisotopic (exact) mass is 409 g/mol. The molecule has 9 heteroatoms. The number of carbonyl (C=O) groups is 3. The minimum Gasteiger partial charge on any atom is -0.490 e. The molecule has 1 aromatic rings. The van der Waals surface area contributed by atoms with Crippen LogP contribution in [-0.4, -0.2) is 47.5 Å². The molecular formula is C20H25F2N3O4. The molecule has 4 amide bonds. The van der Waals surface area contributed by atoms with Crippen LogP contribution in [0.15, 0.2) is 18.2 Å². The van der Waals surface area contributed by atoms with Gasteiger partial charge in [0.25, 0.3) is 5.91 Å². The average Bonchev–Trinajstić information content (AvgIpc) is 2.90. The van der Waals surface area contributed by atoms with E-state index in [9.17, 15) is 23.2 Å². The van der Waals surface area contributed by atoms with Gasteiger partial charge in [-0.25, -0.2) is 13.6 Å². The summed E-state index contributed by atoms with van der Waals surface area (Å²) in [6.45, 7) is 2.20. The van der Waals surface area contributed by atoms with Crippen LogP contribution in [0.3, 0.4) is 0 Å². The molecule has 1 aliphatic heterocycles. The number of halogens is 2. The molecule has 1 atom stereocenters. The Morgan fingerprint density at radius 2 is 1.83 bits per heavy atom. The SMILES string of the molecule is CCCN1C(=O)NC(CC(=O)NC2CCC(Oc3cc(F)cc(F)c3)CC2)C1=O. The molecule has 1 aliphatic carbocycles. The fraction of sp³-hybridized carbons (Fsp3) is 0.550. The quantitative estimate of drug-likeness (QED) is 0.678. The second kappa shape index (κ2) is 9.19. The van der Waals surface area contributed by atoms with Crippen LogP contribution in [-0.2, 0) is 9.59 Å². The number of nitrogens with one attached hydrogen (secondary N) is 2. The molecule has 0 radical (unpaired) electrons. The van der Waals surface area contributed by atoms with Crippen LogP contribution in [0.2, 0.25) is 0 Å². The Morgan fingerprint density at radius 3 is 2.45 bits per heavy atom. The van der Waals surface area contributed by atoms with Crippen molar-refractivity contribution in [3.63, 3.8) is 0 Å². The molecule has 29 heavy (non-hydrogen) atoms. The number of urea groups is 1. The maximum atomic E-state index is 13.3. The Balaban J connectivity index is 1.43. The number of amides is 4. The molecule has 2 aliphatic rings. The second-order valence-corrected chi connectivity index (χ2v) is 7.46. The van der Waals surface area contributed by atoms with Gasteiger partial charge in [0.2, 0.25) is 5.91 Å². The molecule has 7 nitrogen and oxygen atoms in total. The minimum absolute atomic E-state index is 0.0643. The molecule has 158 valence electrons. The largest absolute Gasteiger partial charge is 0.490 e.